The van der Waals surface area contributed by atoms with Crippen LogP contribution in [0.15, 0.2) is 61.1 Å². The SMILES string of the molecule is CC#CC(CC(=O)OCC)c1ccc(OCc2cc(-c3c(C)cccc3F)cn3ncnc23)cc1. The number of aryl methyl sites for hydroxylation is 1. The van der Waals surface area contributed by atoms with Crippen LogP contribution in [0, 0.1) is 24.6 Å². The van der Waals surface area contributed by atoms with Gasteiger partial charge in [0.25, 0.3) is 0 Å². The lowest BCUT2D eigenvalue weighted by Gasteiger charge is -2.13. The molecule has 2 aromatic carbocycles. The lowest BCUT2D eigenvalue weighted by atomic mass is 9.96. The summed E-state index contributed by atoms with van der Waals surface area (Å²) in [6.07, 6.45) is 3.43. The molecule has 0 aliphatic carbocycles. The second-order valence-electron chi connectivity index (χ2n) is 8.03. The van der Waals surface area contributed by atoms with Crippen molar-refractivity contribution in [3.8, 4) is 28.7 Å². The average molecular weight is 472 g/mol. The van der Waals surface area contributed by atoms with Gasteiger partial charge in [0.15, 0.2) is 5.65 Å². The quantitative estimate of drug-likeness (QED) is 0.251. The zero-order valence-electron chi connectivity index (χ0n) is 19.9. The van der Waals surface area contributed by atoms with E-state index in [0.29, 0.717) is 29.1 Å². The van der Waals surface area contributed by atoms with Crippen LogP contribution in [-0.4, -0.2) is 27.2 Å². The molecule has 0 saturated heterocycles. The summed E-state index contributed by atoms with van der Waals surface area (Å²) >= 11 is 0. The van der Waals surface area contributed by atoms with Crippen LogP contribution >= 0.6 is 0 Å². The Morgan fingerprint density at radius 2 is 2.00 bits per heavy atom. The zero-order chi connectivity index (χ0) is 24.8. The topological polar surface area (TPSA) is 65.7 Å². The van der Waals surface area contributed by atoms with Crippen LogP contribution in [0.1, 0.15) is 42.9 Å². The zero-order valence-corrected chi connectivity index (χ0v) is 19.9. The van der Waals surface area contributed by atoms with Gasteiger partial charge in [0, 0.05) is 22.9 Å². The number of aromatic nitrogens is 3. The number of halogens is 1. The van der Waals surface area contributed by atoms with E-state index in [4.69, 9.17) is 9.47 Å². The van der Waals surface area contributed by atoms with Crippen LogP contribution in [0.5, 0.6) is 5.75 Å². The van der Waals surface area contributed by atoms with Gasteiger partial charge in [-0.3, -0.25) is 4.79 Å². The molecule has 178 valence electrons. The number of hydrogen-bond donors (Lipinski definition) is 0. The molecular formula is C28H26FN3O3. The van der Waals surface area contributed by atoms with Crippen molar-refractivity contribution < 1.29 is 18.7 Å². The fraction of sp³-hybridized carbons (Fsp3) is 0.250. The van der Waals surface area contributed by atoms with Crippen molar-refractivity contribution in [3.63, 3.8) is 0 Å². The molecule has 0 aliphatic rings. The molecule has 0 N–H and O–H groups in total. The first kappa shape index (κ1) is 24.0. The number of carbonyl (C=O) groups is 1. The van der Waals surface area contributed by atoms with E-state index >= 15 is 0 Å². The normalized spacial score (nSPS) is 11.5. The molecule has 1 atom stereocenters. The first-order valence-electron chi connectivity index (χ1n) is 11.4. The number of carbonyl (C=O) groups excluding carboxylic acids is 1. The smallest absolute Gasteiger partial charge is 0.307 e. The minimum Gasteiger partial charge on any atom is -0.489 e. The van der Waals surface area contributed by atoms with E-state index in [2.05, 4.69) is 21.9 Å². The Labute approximate surface area is 203 Å². The van der Waals surface area contributed by atoms with Crippen molar-refractivity contribution in [1.82, 2.24) is 14.6 Å². The monoisotopic (exact) mass is 471 g/mol. The number of fused-ring (bicyclic) bond motifs is 1. The summed E-state index contributed by atoms with van der Waals surface area (Å²) in [5.41, 5.74) is 4.40. The van der Waals surface area contributed by atoms with Crippen molar-refractivity contribution in [3.05, 3.63) is 83.6 Å². The summed E-state index contributed by atoms with van der Waals surface area (Å²) in [7, 11) is 0. The van der Waals surface area contributed by atoms with Gasteiger partial charge in [-0.15, -0.1) is 5.92 Å². The van der Waals surface area contributed by atoms with Gasteiger partial charge in [0.05, 0.1) is 18.9 Å². The predicted molar refractivity (Wildman–Crippen MR) is 131 cm³/mol. The summed E-state index contributed by atoms with van der Waals surface area (Å²) in [6.45, 7) is 5.97. The number of pyridine rings is 1. The summed E-state index contributed by atoms with van der Waals surface area (Å²) in [5.74, 6) is 5.80. The maximum Gasteiger partial charge on any atom is 0.307 e. The predicted octanol–water partition coefficient (Wildman–Crippen LogP) is 5.48. The molecule has 0 aliphatic heterocycles. The van der Waals surface area contributed by atoms with Crippen molar-refractivity contribution in [2.24, 2.45) is 0 Å². The molecule has 7 heteroatoms. The van der Waals surface area contributed by atoms with Crippen LogP contribution in [0.2, 0.25) is 0 Å². The molecule has 0 saturated carbocycles. The van der Waals surface area contributed by atoms with Gasteiger partial charge >= 0.3 is 5.97 Å². The third kappa shape index (κ3) is 5.49. The van der Waals surface area contributed by atoms with Gasteiger partial charge in [-0.1, -0.05) is 30.2 Å². The molecule has 4 rings (SSSR count). The Morgan fingerprint density at radius 3 is 2.71 bits per heavy atom. The van der Waals surface area contributed by atoms with Gasteiger partial charge < -0.3 is 9.47 Å². The van der Waals surface area contributed by atoms with E-state index in [1.165, 1.54) is 12.4 Å². The van der Waals surface area contributed by atoms with Crippen molar-refractivity contribution in [1.29, 1.82) is 0 Å². The molecule has 0 bridgehead atoms. The van der Waals surface area contributed by atoms with Gasteiger partial charge in [-0.2, -0.15) is 5.10 Å². The highest BCUT2D eigenvalue weighted by molar-refractivity contribution is 5.71. The van der Waals surface area contributed by atoms with Crippen molar-refractivity contribution in [2.75, 3.05) is 6.61 Å². The lowest BCUT2D eigenvalue weighted by Crippen LogP contribution is -2.09. The van der Waals surface area contributed by atoms with E-state index in [1.54, 1.807) is 30.6 Å². The summed E-state index contributed by atoms with van der Waals surface area (Å²) in [4.78, 5) is 16.3. The van der Waals surface area contributed by atoms with E-state index in [-0.39, 0.29) is 30.7 Å². The number of nitrogens with zero attached hydrogens (tertiary/aromatic N) is 3. The lowest BCUT2D eigenvalue weighted by molar-refractivity contribution is -0.143. The Kier molecular flexibility index (Phi) is 7.41. The highest BCUT2D eigenvalue weighted by Crippen LogP contribution is 2.29. The van der Waals surface area contributed by atoms with Crippen LogP contribution in [0.4, 0.5) is 4.39 Å². The maximum absolute atomic E-state index is 14.6. The number of esters is 1. The fourth-order valence-corrected chi connectivity index (χ4v) is 4.01. The molecule has 4 aromatic rings. The van der Waals surface area contributed by atoms with Crippen LogP contribution in [0.25, 0.3) is 16.8 Å². The van der Waals surface area contributed by atoms with Gasteiger partial charge in [-0.05, 0) is 56.2 Å². The Balaban J connectivity index is 1.55. The first-order chi connectivity index (χ1) is 17.0. The average Bonchev–Trinajstić information content (AvgIpc) is 3.32. The van der Waals surface area contributed by atoms with Crippen molar-refractivity contribution >= 4 is 11.6 Å². The van der Waals surface area contributed by atoms with Crippen LogP contribution in [-0.2, 0) is 16.1 Å². The molecule has 1 unspecified atom stereocenters. The Morgan fingerprint density at radius 1 is 1.20 bits per heavy atom. The van der Waals surface area contributed by atoms with E-state index in [1.807, 2.05) is 43.3 Å². The molecule has 0 amide bonds. The Hall–Kier alpha value is -4.18. The molecule has 35 heavy (non-hydrogen) atoms. The van der Waals surface area contributed by atoms with E-state index < -0.39 is 0 Å². The van der Waals surface area contributed by atoms with Gasteiger partial charge in [0.1, 0.15) is 24.5 Å². The minimum absolute atomic E-state index is 0.196. The van der Waals surface area contributed by atoms with Crippen LogP contribution < -0.4 is 4.74 Å². The van der Waals surface area contributed by atoms with Gasteiger partial charge in [-0.25, -0.2) is 13.9 Å². The molecular weight excluding hydrogens is 445 g/mol. The molecule has 0 radical (unpaired) electrons. The van der Waals surface area contributed by atoms with Crippen molar-refractivity contribution in [2.45, 2.75) is 39.7 Å². The first-order valence-corrected chi connectivity index (χ1v) is 11.4. The Bertz CT molecular complexity index is 1380. The number of hydrogen-bond acceptors (Lipinski definition) is 5. The molecule has 0 spiro atoms. The number of rotatable bonds is 8. The molecule has 2 heterocycles. The highest BCUT2D eigenvalue weighted by atomic mass is 19.1. The summed E-state index contributed by atoms with van der Waals surface area (Å²) < 4.78 is 27.3. The van der Waals surface area contributed by atoms with E-state index in [0.717, 1.165) is 16.7 Å². The standard InChI is InChI=1S/C28H26FN3O3/c1-4-7-21(15-26(33)34-5-2)20-10-12-24(13-11-20)35-17-23-14-22(16-32-28(23)30-18-31-32)27-19(3)8-6-9-25(27)29/h6,8-14,16,18,21H,5,15,17H2,1-3H3. The van der Waals surface area contributed by atoms with E-state index in [9.17, 15) is 9.18 Å². The largest absolute Gasteiger partial charge is 0.489 e. The maximum atomic E-state index is 14.6. The molecule has 0 fully saturated rings. The van der Waals surface area contributed by atoms with Gasteiger partial charge in [0.2, 0.25) is 0 Å². The minimum atomic E-state index is -0.292. The second kappa shape index (κ2) is 10.8. The van der Waals surface area contributed by atoms with Crippen LogP contribution in [0.3, 0.4) is 0 Å². The fourth-order valence-electron chi connectivity index (χ4n) is 4.01. The molecule has 2 aromatic heterocycles. The number of benzene rings is 2. The highest BCUT2D eigenvalue weighted by Gasteiger charge is 2.16. The summed E-state index contributed by atoms with van der Waals surface area (Å²) in [6, 6.07) is 14.4. The third-order valence-corrected chi connectivity index (χ3v) is 5.63. The third-order valence-electron chi connectivity index (χ3n) is 5.63. The molecule has 6 nitrogen and oxygen atoms in total. The summed E-state index contributed by atoms with van der Waals surface area (Å²) in [5, 5.41) is 4.24. The second-order valence-corrected chi connectivity index (χ2v) is 8.03. The number of ether oxygens (including phenoxy) is 2.